The smallest absolute Gasteiger partial charge is 0.306 e. The lowest BCUT2D eigenvalue weighted by atomic mass is 9.87. The molecule has 0 amide bonds. The predicted octanol–water partition coefficient (Wildman–Crippen LogP) is 2.71. The minimum atomic E-state index is -1.25. The number of hydrogen-bond donors (Lipinski definition) is 2. The summed E-state index contributed by atoms with van der Waals surface area (Å²) in [4.78, 5) is 10.8. The van der Waals surface area contributed by atoms with Crippen LogP contribution in [0.4, 0.5) is 0 Å². The summed E-state index contributed by atoms with van der Waals surface area (Å²) >= 11 is 0. The van der Waals surface area contributed by atoms with Gasteiger partial charge in [-0.1, -0.05) is 44.5 Å². The normalized spacial score (nSPS) is 14.3. The monoisotopic (exact) mass is 236 g/mol. The first-order chi connectivity index (χ1) is 8.01. The zero-order valence-electron chi connectivity index (χ0n) is 10.4. The molecule has 0 aliphatic heterocycles. The van der Waals surface area contributed by atoms with Gasteiger partial charge in [-0.3, -0.25) is 4.79 Å². The Morgan fingerprint density at radius 3 is 2.24 bits per heavy atom. The van der Waals surface area contributed by atoms with Crippen LogP contribution in [0.15, 0.2) is 24.3 Å². The van der Waals surface area contributed by atoms with Crippen molar-refractivity contribution < 1.29 is 15.0 Å². The van der Waals surface area contributed by atoms with Gasteiger partial charge in [-0.15, -0.1) is 0 Å². The first kappa shape index (κ1) is 13.7. The standard InChI is InChI=1S/C14H20O3/c1-3-5-11-6-8-12(9-7-11)14(17,4-2)10-13(15)16/h6-9,17H,3-5,10H2,1-2H3,(H,15,16). The van der Waals surface area contributed by atoms with Gasteiger partial charge in [0.1, 0.15) is 0 Å². The van der Waals surface area contributed by atoms with Crippen LogP contribution in [0.3, 0.4) is 0 Å². The van der Waals surface area contributed by atoms with Crippen LogP contribution < -0.4 is 0 Å². The van der Waals surface area contributed by atoms with E-state index in [1.807, 2.05) is 24.3 Å². The summed E-state index contributed by atoms with van der Waals surface area (Å²) in [6.07, 6.45) is 2.22. The fourth-order valence-electron chi connectivity index (χ4n) is 1.95. The zero-order chi connectivity index (χ0) is 12.9. The molecule has 1 unspecified atom stereocenters. The molecule has 2 N–H and O–H groups in total. The third kappa shape index (κ3) is 3.56. The Balaban J connectivity index is 2.92. The number of aryl methyl sites for hydroxylation is 1. The summed E-state index contributed by atoms with van der Waals surface area (Å²) in [5.41, 5.74) is 0.642. The Bertz CT molecular complexity index is 370. The Morgan fingerprint density at radius 2 is 1.82 bits per heavy atom. The number of carboxylic acids is 1. The Morgan fingerprint density at radius 1 is 1.24 bits per heavy atom. The van der Waals surface area contributed by atoms with Crippen LogP contribution in [0, 0.1) is 0 Å². The van der Waals surface area contributed by atoms with Crippen molar-refractivity contribution in [1.82, 2.24) is 0 Å². The minimum absolute atomic E-state index is 0.253. The van der Waals surface area contributed by atoms with Crippen molar-refractivity contribution in [1.29, 1.82) is 0 Å². The molecule has 0 aromatic heterocycles. The van der Waals surface area contributed by atoms with E-state index in [9.17, 15) is 9.90 Å². The highest BCUT2D eigenvalue weighted by atomic mass is 16.4. The molecule has 1 aromatic carbocycles. The highest BCUT2D eigenvalue weighted by Crippen LogP contribution is 2.29. The first-order valence-corrected chi connectivity index (χ1v) is 6.05. The van der Waals surface area contributed by atoms with E-state index in [1.165, 1.54) is 5.56 Å². The van der Waals surface area contributed by atoms with Gasteiger partial charge in [-0.05, 0) is 24.0 Å². The molecule has 1 rings (SSSR count). The number of carboxylic acid groups (broad SMARTS) is 1. The van der Waals surface area contributed by atoms with Crippen LogP contribution >= 0.6 is 0 Å². The molecule has 1 aromatic rings. The summed E-state index contributed by atoms with van der Waals surface area (Å²) in [5, 5.41) is 19.1. The third-order valence-corrected chi connectivity index (χ3v) is 3.06. The van der Waals surface area contributed by atoms with Gasteiger partial charge in [-0.2, -0.15) is 0 Å². The maximum atomic E-state index is 10.8. The molecule has 0 aliphatic rings. The topological polar surface area (TPSA) is 57.5 Å². The van der Waals surface area contributed by atoms with Gasteiger partial charge in [0.05, 0.1) is 12.0 Å². The summed E-state index contributed by atoms with van der Waals surface area (Å²) in [7, 11) is 0. The van der Waals surface area contributed by atoms with E-state index in [1.54, 1.807) is 6.92 Å². The maximum Gasteiger partial charge on any atom is 0.306 e. The second-order valence-corrected chi connectivity index (χ2v) is 4.40. The van der Waals surface area contributed by atoms with E-state index >= 15 is 0 Å². The lowest BCUT2D eigenvalue weighted by molar-refractivity contribution is -0.143. The molecule has 0 bridgehead atoms. The Kier molecular flexibility index (Phi) is 4.70. The van der Waals surface area contributed by atoms with Crippen molar-refractivity contribution in [3.05, 3.63) is 35.4 Å². The SMILES string of the molecule is CCCc1ccc(C(O)(CC)CC(=O)O)cc1. The molecule has 0 aliphatic carbocycles. The van der Waals surface area contributed by atoms with Gasteiger partial charge >= 0.3 is 5.97 Å². The van der Waals surface area contributed by atoms with E-state index in [0.29, 0.717) is 12.0 Å². The van der Waals surface area contributed by atoms with E-state index in [-0.39, 0.29) is 6.42 Å². The number of hydrogen-bond acceptors (Lipinski definition) is 2. The molecule has 0 fully saturated rings. The summed E-state index contributed by atoms with van der Waals surface area (Å²) < 4.78 is 0. The number of carbonyl (C=O) groups is 1. The largest absolute Gasteiger partial charge is 0.481 e. The molecular weight excluding hydrogens is 216 g/mol. The zero-order valence-corrected chi connectivity index (χ0v) is 10.4. The quantitative estimate of drug-likeness (QED) is 0.798. The Labute approximate surface area is 102 Å². The van der Waals surface area contributed by atoms with E-state index in [0.717, 1.165) is 12.8 Å². The van der Waals surface area contributed by atoms with Crippen LogP contribution in [0.5, 0.6) is 0 Å². The first-order valence-electron chi connectivity index (χ1n) is 6.05. The lowest BCUT2D eigenvalue weighted by Crippen LogP contribution is -2.28. The van der Waals surface area contributed by atoms with Crippen molar-refractivity contribution >= 4 is 5.97 Å². The average molecular weight is 236 g/mol. The second-order valence-electron chi connectivity index (χ2n) is 4.40. The highest BCUT2D eigenvalue weighted by molar-refractivity contribution is 5.68. The van der Waals surface area contributed by atoms with Crippen molar-refractivity contribution in [3.8, 4) is 0 Å². The van der Waals surface area contributed by atoms with Gasteiger partial charge in [0.2, 0.25) is 0 Å². The molecule has 0 heterocycles. The highest BCUT2D eigenvalue weighted by Gasteiger charge is 2.29. The fourth-order valence-corrected chi connectivity index (χ4v) is 1.95. The van der Waals surface area contributed by atoms with Gasteiger partial charge in [-0.25, -0.2) is 0 Å². The average Bonchev–Trinajstić information content (AvgIpc) is 2.29. The van der Waals surface area contributed by atoms with Crippen LogP contribution in [0.25, 0.3) is 0 Å². The van der Waals surface area contributed by atoms with E-state index < -0.39 is 11.6 Å². The van der Waals surface area contributed by atoms with E-state index in [4.69, 9.17) is 5.11 Å². The van der Waals surface area contributed by atoms with Crippen LogP contribution in [-0.2, 0) is 16.8 Å². The number of rotatable bonds is 6. The minimum Gasteiger partial charge on any atom is -0.481 e. The van der Waals surface area contributed by atoms with Crippen LogP contribution in [-0.4, -0.2) is 16.2 Å². The van der Waals surface area contributed by atoms with E-state index in [2.05, 4.69) is 6.92 Å². The van der Waals surface area contributed by atoms with Gasteiger partial charge < -0.3 is 10.2 Å². The van der Waals surface area contributed by atoms with Crippen molar-refractivity contribution in [2.45, 2.75) is 45.1 Å². The molecule has 17 heavy (non-hydrogen) atoms. The molecule has 0 spiro atoms. The molecule has 3 heteroatoms. The van der Waals surface area contributed by atoms with Gasteiger partial charge in [0.25, 0.3) is 0 Å². The molecular formula is C14H20O3. The number of aliphatic carboxylic acids is 1. The molecule has 0 saturated heterocycles. The van der Waals surface area contributed by atoms with Crippen molar-refractivity contribution in [2.75, 3.05) is 0 Å². The number of aliphatic hydroxyl groups is 1. The summed E-state index contributed by atoms with van der Waals surface area (Å²) in [5.74, 6) is -0.980. The fraction of sp³-hybridized carbons (Fsp3) is 0.500. The van der Waals surface area contributed by atoms with Crippen LogP contribution in [0.1, 0.15) is 44.2 Å². The second kappa shape index (κ2) is 5.82. The number of benzene rings is 1. The maximum absolute atomic E-state index is 10.8. The van der Waals surface area contributed by atoms with Crippen molar-refractivity contribution in [3.63, 3.8) is 0 Å². The molecule has 1 atom stereocenters. The van der Waals surface area contributed by atoms with Gasteiger partial charge in [0, 0.05) is 0 Å². The summed E-state index contributed by atoms with van der Waals surface area (Å²) in [6, 6.07) is 7.58. The lowest BCUT2D eigenvalue weighted by Gasteiger charge is -2.25. The molecule has 0 saturated carbocycles. The van der Waals surface area contributed by atoms with Gasteiger partial charge in [0.15, 0.2) is 0 Å². The molecule has 94 valence electrons. The summed E-state index contributed by atoms with van der Waals surface area (Å²) in [6.45, 7) is 3.91. The molecule has 0 radical (unpaired) electrons. The Hall–Kier alpha value is -1.35. The van der Waals surface area contributed by atoms with Crippen molar-refractivity contribution in [2.24, 2.45) is 0 Å². The van der Waals surface area contributed by atoms with Crippen LogP contribution in [0.2, 0.25) is 0 Å². The predicted molar refractivity (Wildman–Crippen MR) is 66.9 cm³/mol. The third-order valence-electron chi connectivity index (χ3n) is 3.06. The molecule has 3 nitrogen and oxygen atoms in total.